The summed E-state index contributed by atoms with van der Waals surface area (Å²) in [5, 5.41) is 7.39. The van der Waals surface area contributed by atoms with Gasteiger partial charge in [-0.15, -0.1) is 24.0 Å². The third-order valence-electron chi connectivity index (χ3n) is 5.47. The molecule has 3 rings (SSSR count). The van der Waals surface area contributed by atoms with Crippen LogP contribution in [0.1, 0.15) is 45.1 Å². The van der Waals surface area contributed by atoms with Gasteiger partial charge in [0.05, 0.1) is 11.4 Å². The zero-order valence-corrected chi connectivity index (χ0v) is 21.9. The van der Waals surface area contributed by atoms with E-state index in [1.807, 2.05) is 23.9 Å². The number of sulfonamides is 1. The normalized spacial score (nSPS) is 23.1. The second kappa shape index (κ2) is 12.5. The predicted molar refractivity (Wildman–Crippen MR) is 137 cm³/mol. The van der Waals surface area contributed by atoms with E-state index < -0.39 is 10.0 Å². The second-order valence-corrected chi connectivity index (χ2v) is 11.3. The quantitative estimate of drug-likeness (QED) is 0.300. The molecule has 30 heavy (non-hydrogen) atoms. The lowest BCUT2D eigenvalue weighted by Gasteiger charge is -2.30. The Morgan fingerprint density at radius 2 is 1.97 bits per heavy atom. The molecule has 2 atom stereocenters. The molecule has 2 saturated heterocycles. The van der Waals surface area contributed by atoms with Crippen molar-refractivity contribution in [2.75, 3.05) is 31.9 Å². The van der Waals surface area contributed by atoms with Gasteiger partial charge in [-0.05, 0) is 62.0 Å². The predicted octanol–water partition coefficient (Wildman–Crippen LogP) is 3.68. The number of nitrogens with one attached hydrogen (secondary N) is 2. The van der Waals surface area contributed by atoms with Crippen LogP contribution in [0.2, 0.25) is 0 Å². The van der Waals surface area contributed by atoms with E-state index in [1.54, 1.807) is 16.4 Å². The summed E-state index contributed by atoms with van der Waals surface area (Å²) >= 11 is 2.03. The second-order valence-electron chi connectivity index (χ2n) is 7.97. The number of nitrogens with zero attached hydrogens (tertiary/aromatic N) is 2. The molecule has 170 valence electrons. The van der Waals surface area contributed by atoms with Gasteiger partial charge in [-0.3, -0.25) is 0 Å². The van der Waals surface area contributed by atoms with Gasteiger partial charge in [-0.2, -0.15) is 16.1 Å². The van der Waals surface area contributed by atoms with Gasteiger partial charge < -0.3 is 10.6 Å². The minimum atomic E-state index is -3.40. The highest BCUT2D eigenvalue weighted by Gasteiger charge is 2.28. The maximum absolute atomic E-state index is 12.9. The van der Waals surface area contributed by atoms with E-state index in [0.29, 0.717) is 35.7 Å². The molecule has 0 bridgehead atoms. The summed E-state index contributed by atoms with van der Waals surface area (Å²) in [6.45, 7) is 7.68. The molecule has 6 nitrogen and oxygen atoms in total. The van der Waals surface area contributed by atoms with Crippen LogP contribution in [-0.4, -0.2) is 55.9 Å². The van der Waals surface area contributed by atoms with Crippen molar-refractivity contribution in [3.8, 4) is 0 Å². The average Bonchev–Trinajstić information content (AvgIpc) is 3.24. The first kappa shape index (κ1) is 25.7. The Morgan fingerprint density at radius 3 is 2.60 bits per heavy atom. The number of benzene rings is 1. The van der Waals surface area contributed by atoms with Crippen LogP contribution in [0.3, 0.4) is 0 Å². The monoisotopic (exact) mass is 566 g/mol. The number of thioether (sulfide) groups is 1. The van der Waals surface area contributed by atoms with Gasteiger partial charge in [0, 0.05) is 31.4 Å². The number of guanidine groups is 1. The Bertz CT molecular complexity index is 781. The first-order chi connectivity index (χ1) is 14.0. The van der Waals surface area contributed by atoms with Crippen LogP contribution in [0.15, 0.2) is 34.2 Å². The fourth-order valence-corrected chi connectivity index (χ4v) is 6.61. The summed E-state index contributed by atoms with van der Waals surface area (Å²) < 4.78 is 27.4. The summed E-state index contributed by atoms with van der Waals surface area (Å²) in [6, 6.07) is 7.18. The van der Waals surface area contributed by atoms with Gasteiger partial charge in [0.1, 0.15) is 0 Å². The third kappa shape index (κ3) is 7.27. The molecule has 0 spiro atoms. The molecular weight excluding hydrogens is 531 g/mol. The van der Waals surface area contributed by atoms with E-state index in [2.05, 4.69) is 29.5 Å². The average molecular weight is 567 g/mol. The first-order valence-electron chi connectivity index (χ1n) is 10.7. The van der Waals surface area contributed by atoms with E-state index in [0.717, 1.165) is 37.5 Å². The zero-order valence-electron chi connectivity index (χ0n) is 18.0. The highest BCUT2D eigenvalue weighted by molar-refractivity contribution is 14.0. The van der Waals surface area contributed by atoms with Gasteiger partial charge >= 0.3 is 0 Å². The molecule has 0 aliphatic carbocycles. The van der Waals surface area contributed by atoms with Crippen LogP contribution in [0.25, 0.3) is 0 Å². The van der Waals surface area contributed by atoms with Crippen molar-refractivity contribution >= 4 is 51.7 Å². The molecule has 2 N–H and O–H groups in total. The molecule has 1 aromatic carbocycles. The molecule has 0 saturated carbocycles. The van der Waals surface area contributed by atoms with Crippen molar-refractivity contribution in [1.82, 2.24) is 14.9 Å². The summed E-state index contributed by atoms with van der Waals surface area (Å²) in [7, 11) is -3.40. The molecule has 2 fully saturated rings. The number of aliphatic imine (C=N–C) groups is 1. The Kier molecular flexibility index (Phi) is 10.7. The van der Waals surface area contributed by atoms with Gasteiger partial charge in [0.25, 0.3) is 0 Å². The van der Waals surface area contributed by atoms with Crippen LogP contribution in [0.4, 0.5) is 0 Å². The van der Waals surface area contributed by atoms with Crippen LogP contribution in [-0.2, 0) is 16.6 Å². The molecule has 2 aliphatic heterocycles. The lowest BCUT2D eigenvalue weighted by atomic mass is 10.0. The molecule has 9 heteroatoms. The van der Waals surface area contributed by atoms with Gasteiger partial charge in [0.15, 0.2) is 5.96 Å². The maximum Gasteiger partial charge on any atom is 0.243 e. The highest BCUT2D eigenvalue weighted by atomic mass is 127. The molecule has 2 aliphatic rings. The minimum Gasteiger partial charge on any atom is -0.357 e. The van der Waals surface area contributed by atoms with E-state index in [9.17, 15) is 8.42 Å². The van der Waals surface area contributed by atoms with Gasteiger partial charge in [0.2, 0.25) is 10.0 Å². The standard InChI is InChI=1S/C21H34N4O2S2.HI/c1-3-22-21(24-15-19-7-5-13-28-19)23-14-18-8-10-20(11-9-18)29(26,27)25-12-4-6-17(2)16-25;/h8-11,17,19H,3-7,12-16H2,1-2H3,(H2,22,23,24);1H. The Labute approximate surface area is 203 Å². The number of rotatable bonds is 7. The minimum absolute atomic E-state index is 0. The van der Waals surface area contributed by atoms with Crippen LogP contribution >= 0.6 is 35.7 Å². The van der Waals surface area contributed by atoms with Crippen LogP contribution in [0, 0.1) is 5.92 Å². The maximum atomic E-state index is 12.9. The van der Waals surface area contributed by atoms with Gasteiger partial charge in [-0.25, -0.2) is 13.4 Å². The highest BCUT2D eigenvalue weighted by Crippen LogP contribution is 2.25. The molecule has 2 unspecified atom stereocenters. The Hall–Kier alpha value is -0.520. The topological polar surface area (TPSA) is 73.8 Å². The van der Waals surface area contributed by atoms with E-state index >= 15 is 0 Å². The summed E-state index contributed by atoms with van der Waals surface area (Å²) in [4.78, 5) is 5.04. The number of hydrogen-bond donors (Lipinski definition) is 2. The summed E-state index contributed by atoms with van der Waals surface area (Å²) in [5.41, 5.74) is 1.00. The third-order valence-corrected chi connectivity index (χ3v) is 8.74. The van der Waals surface area contributed by atoms with Crippen LogP contribution < -0.4 is 10.6 Å². The molecule has 0 aromatic heterocycles. The molecule has 1 aromatic rings. The van der Waals surface area contributed by atoms with E-state index in [1.165, 1.54) is 18.6 Å². The molecule has 0 radical (unpaired) electrons. The van der Waals surface area contributed by atoms with Crippen LogP contribution in [0.5, 0.6) is 0 Å². The Morgan fingerprint density at radius 1 is 1.20 bits per heavy atom. The fourth-order valence-electron chi connectivity index (χ4n) is 3.81. The lowest BCUT2D eigenvalue weighted by Crippen LogP contribution is -2.40. The molecular formula is C21H35IN4O2S2. The van der Waals surface area contributed by atoms with E-state index in [-0.39, 0.29) is 24.0 Å². The van der Waals surface area contributed by atoms with Crippen molar-refractivity contribution in [3.63, 3.8) is 0 Å². The Balaban J connectivity index is 0.00000320. The smallest absolute Gasteiger partial charge is 0.243 e. The van der Waals surface area contributed by atoms with Crippen molar-refractivity contribution in [2.45, 2.75) is 56.2 Å². The van der Waals surface area contributed by atoms with Crippen molar-refractivity contribution in [3.05, 3.63) is 29.8 Å². The van der Waals surface area contributed by atoms with Crippen molar-refractivity contribution < 1.29 is 8.42 Å². The first-order valence-corrected chi connectivity index (χ1v) is 13.2. The molecule has 0 amide bonds. The van der Waals surface area contributed by atoms with Crippen molar-refractivity contribution in [1.29, 1.82) is 0 Å². The number of halogens is 1. The van der Waals surface area contributed by atoms with E-state index in [4.69, 9.17) is 0 Å². The van der Waals surface area contributed by atoms with Gasteiger partial charge in [-0.1, -0.05) is 19.1 Å². The fraction of sp³-hybridized carbons (Fsp3) is 0.667. The lowest BCUT2D eigenvalue weighted by molar-refractivity contribution is 0.281. The summed E-state index contributed by atoms with van der Waals surface area (Å²) in [6.07, 6.45) is 4.61. The largest absolute Gasteiger partial charge is 0.357 e. The summed E-state index contributed by atoms with van der Waals surface area (Å²) in [5.74, 6) is 2.50. The molecule has 2 heterocycles. The van der Waals surface area contributed by atoms with Crippen molar-refractivity contribution in [2.24, 2.45) is 10.9 Å². The zero-order chi connectivity index (χ0) is 20.7. The SMILES string of the molecule is CCNC(=NCc1ccc(S(=O)(=O)N2CCCC(C)C2)cc1)NCC1CCCS1.I. The number of hydrogen-bond acceptors (Lipinski definition) is 4. The number of piperidine rings is 1.